The van der Waals surface area contributed by atoms with Gasteiger partial charge in [0.2, 0.25) is 5.78 Å². The zero-order valence-corrected chi connectivity index (χ0v) is 17.1. The van der Waals surface area contributed by atoms with Crippen molar-refractivity contribution in [1.82, 2.24) is 9.13 Å². The average molecular weight is 407 g/mol. The number of fused-ring (bicyclic) bond motifs is 1. The Hall–Kier alpha value is -2.54. The van der Waals surface area contributed by atoms with Crippen molar-refractivity contribution in [3.8, 4) is 0 Å². The van der Waals surface area contributed by atoms with Gasteiger partial charge < -0.3 is 18.6 Å². The standard InChI is InChI=1S/C20H23ClN2O5/c1-5-27-19(25)12-9-10-23-16(18(24)13-7-8-14(21)22(13)4)11(3)15(17(12)23)20(26)28-6-2/h7-8,12H,5-6,9-10H2,1-4H3. The molecule has 8 heteroatoms. The molecule has 1 aliphatic heterocycles. The molecule has 28 heavy (non-hydrogen) atoms. The molecule has 0 aliphatic carbocycles. The van der Waals surface area contributed by atoms with Crippen LogP contribution in [0, 0.1) is 6.92 Å². The summed E-state index contributed by atoms with van der Waals surface area (Å²) >= 11 is 6.08. The monoisotopic (exact) mass is 406 g/mol. The van der Waals surface area contributed by atoms with Crippen LogP contribution in [0.1, 0.15) is 64.0 Å². The van der Waals surface area contributed by atoms with Crippen LogP contribution in [0.15, 0.2) is 12.1 Å². The summed E-state index contributed by atoms with van der Waals surface area (Å²) in [6.07, 6.45) is 0.467. The van der Waals surface area contributed by atoms with E-state index in [-0.39, 0.29) is 24.6 Å². The minimum Gasteiger partial charge on any atom is -0.465 e. The lowest BCUT2D eigenvalue weighted by molar-refractivity contribution is -0.144. The van der Waals surface area contributed by atoms with Crippen molar-refractivity contribution in [3.63, 3.8) is 0 Å². The van der Waals surface area contributed by atoms with Gasteiger partial charge >= 0.3 is 11.9 Å². The summed E-state index contributed by atoms with van der Waals surface area (Å²) in [7, 11) is 1.70. The van der Waals surface area contributed by atoms with Crippen LogP contribution in [0.2, 0.25) is 5.15 Å². The van der Waals surface area contributed by atoms with Crippen LogP contribution >= 0.6 is 11.6 Å². The van der Waals surface area contributed by atoms with E-state index in [1.807, 2.05) is 0 Å². The lowest BCUT2D eigenvalue weighted by atomic mass is 9.98. The fourth-order valence-corrected chi connectivity index (χ4v) is 3.97. The maximum atomic E-state index is 13.3. The number of hydrogen-bond donors (Lipinski definition) is 0. The van der Waals surface area contributed by atoms with Crippen molar-refractivity contribution in [1.29, 1.82) is 0 Å². The summed E-state index contributed by atoms with van der Waals surface area (Å²) in [5.41, 5.74) is 2.06. The first-order chi connectivity index (χ1) is 13.3. The number of ketones is 1. The highest BCUT2D eigenvalue weighted by Crippen LogP contribution is 2.39. The highest BCUT2D eigenvalue weighted by molar-refractivity contribution is 6.30. The molecule has 0 saturated carbocycles. The van der Waals surface area contributed by atoms with E-state index in [0.717, 1.165) is 0 Å². The molecule has 1 aliphatic rings. The highest BCUT2D eigenvalue weighted by Gasteiger charge is 2.40. The molecule has 1 unspecified atom stereocenters. The second-order valence-corrected chi connectivity index (χ2v) is 7.02. The summed E-state index contributed by atoms with van der Waals surface area (Å²) in [4.78, 5) is 38.4. The first-order valence-corrected chi connectivity index (χ1v) is 9.63. The quantitative estimate of drug-likeness (QED) is 0.543. The molecule has 3 rings (SSSR count). The van der Waals surface area contributed by atoms with Crippen LogP contribution in [0.25, 0.3) is 0 Å². The maximum absolute atomic E-state index is 13.3. The van der Waals surface area contributed by atoms with E-state index in [1.54, 1.807) is 49.1 Å². The van der Waals surface area contributed by atoms with Gasteiger partial charge in [-0.1, -0.05) is 11.6 Å². The van der Waals surface area contributed by atoms with Crippen LogP contribution in [0.3, 0.4) is 0 Å². The number of aromatic nitrogens is 2. The molecule has 0 N–H and O–H groups in total. The molecule has 1 atom stereocenters. The Bertz CT molecular complexity index is 956. The van der Waals surface area contributed by atoms with Gasteiger partial charge in [-0.05, 0) is 44.9 Å². The Morgan fingerprint density at radius 1 is 1.18 bits per heavy atom. The zero-order valence-electron chi connectivity index (χ0n) is 16.4. The molecule has 0 fully saturated rings. The third-order valence-electron chi connectivity index (χ3n) is 5.08. The summed E-state index contributed by atoms with van der Waals surface area (Å²) in [6, 6.07) is 3.29. The number of halogens is 1. The van der Waals surface area contributed by atoms with E-state index in [1.165, 1.54) is 0 Å². The van der Waals surface area contributed by atoms with E-state index in [2.05, 4.69) is 0 Å². The van der Waals surface area contributed by atoms with Crippen LogP contribution < -0.4 is 0 Å². The van der Waals surface area contributed by atoms with Crippen LogP contribution in [0.5, 0.6) is 0 Å². The molecular formula is C20H23ClN2O5. The van der Waals surface area contributed by atoms with Gasteiger partial charge in [-0.3, -0.25) is 9.59 Å². The van der Waals surface area contributed by atoms with Gasteiger partial charge in [0.1, 0.15) is 5.15 Å². The normalized spacial score (nSPS) is 15.4. The van der Waals surface area contributed by atoms with Crippen molar-refractivity contribution < 1.29 is 23.9 Å². The minimum absolute atomic E-state index is 0.198. The van der Waals surface area contributed by atoms with Crippen molar-refractivity contribution >= 4 is 29.3 Å². The molecule has 0 aromatic carbocycles. The Balaban J connectivity index is 2.18. The molecule has 0 radical (unpaired) electrons. The van der Waals surface area contributed by atoms with Crippen molar-refractivity contribution in [3.05, 3.63) is 45.5 Å². The van der Waals surface area contributed by atoms with E-state index >= 15 is 0 Å². The van der Waals surface area contributed by atoms with E-state index < -0.39 is 17.9 Å². The van der Waals surface area contributed by atoms with Gasteiger partial charge in [0.15, 0.2) is 0 Å². The lowest BCUT2D eigenvalue weighted by Crippen LogP contribution is -2.17. The third kappa shape index (κ3) is 3.13. The number of nitrogens with zero attached hydrogens (tertiary/aromatic N) is 2. The maximum Gasteiger partial charge on any atom is 0.340 e. The van der Waals surface area contributed by atoms with Crippen molar-refractivity contribution in [2.75, 3.05) is 13.2 Å². The predicted octanol–water partition coefficient (Wildman–Crippen LogP) is 3.25. The first kappa shape index (κ1) is 20.2. The molecule has 0 saturated heterocycles. The third-order valence-corrected chi connectivity index (χ3v) is 5.46. The number of esters is 2. The second kappa shape index (κ2) is 7.83. The van der Waals surface area contributed by atoms with Gasteiger partial charge in [0, 0.05) is 19.3 Å². The predicted molar refractivity (Wildman–Crippen MR) is 103 cm³/mol. The number of carbonyl (C=O) groups excluding carboxylic acids is 3. The molecule has 0 spiro atoms. The van der Waals surface area contributed by atoms with Gasteiger partial charge in [-0.2, -0.15) is 0 Å². The van der Waals surface area contributed by atoms with Crippen molar-refractivity contribution in [2.45, 2.75) is 39.7 Å². The average Bonchev–Trinajstić information content (AvgIpc) is 3.28. The largest absolute Gasteiger partial charge is 0.465 e. The number of rotatable bonds is 6. The number of ether oxygens (including phenoxy) is 2. The van der Waals surface area contributed by atoms with E-state index in [0.29, 0.717) is 40.8 Å². The summed E-state index contributed by atoms with van der Waals surface area (Å²) < 4.78 is 13.7. The molecule has 0 amide bonds. The Kier molecular flexibility index (Phi) is 5.65. The Morgan fingerprint density at radius 3 is 2.43 bits per heavy atom. The fraction of sp³-hybridized carbons (Fsp3) is 0.450. The number of hydrogen-bond acceptors (Lipinski definition) is 5. The fourth-order valence-electron chi connectivity index (χ4n) is 3.82. The molecule has 2 aromatic rings. The topological polar surface area (TPSA) is 79.5 Å². The molecule has 7 nitrogen and oxygen atoms in total. The van der Waals surface area contributed by atoms with Crippen molar-refractivity contribution in [2.24, 2.45) is 7.05 Å². The smallest absolute Gasteiger partial charge is 0.340 e. The second-order valence-electron chi connectivity index (χ2n) is 6.63. The Labute approximate surface area is 168 Å². The zero-order chi connectivity index (χ0) is 20.6. The first-order valence-electron chi connectivity index (χ1n) is 9.26. The highest BCUT2D eigenvalue weighted by atomic mass is 35.5. The van der Waals surface area contributed by atoms with Gasteiger partial charge in [0.25, 0.3) is 0 Å². The van der Waals surface area contributed by atoms with Crippen LogP contribution in [0.4, 0.5) is 0 Å². The van der Waals surface area contributed by atoms with Crippen LogP contribution in [-0.4, -0.2) is 40.1 Å². The van der Waals surface area contributed by atoms with Gasteiger partial charge in [0.05, 0.1) is 36.1 Å². The van der Waals surface area contributed by atoms with Gasteiger partial charge in [-0.25, -0.2) is 4.79 Å². The molecule has 2 aromatic heterocycles. The summed E-state index contributed by atoms with van der Waals surface area (Å²) in [5, 5.41) is 0.434. The lowest BCUT2D eigenvalue weighted by Gasteiger charge is -2.11. The van der Waals surface area contributed by atoms with E-state index in [9.17, 15) is 14.4 Å². The molecule has 3 heterocycles. The summed E-state index contributed by atoms with van der Waals surface area (Å²) in [5.74, 6) is -1.79. The minimum atomic E-state index is -0.600. The Morgan fingerprint density at radius 2 is 1.86 bits per heavy atom. The molecule has 150 valence electrons. The molecule has 0 bridgehead atoms. The van der Waals surface area contributed by atoms with Crippen LogP contribution in [-0.2, 0) is 27.9 Å². The number of carbonyl (C=O) groups is 3. The molecular weight excluding hydrogens is 384 g/mol. The van der Waals surface area contributed by atoms with E-state index in [4.69, 9.17) is 21.1 Å². The van der Waals surface area contributed by atoms with Gasteiger partial charge in [-0.15, -0.1) is 0 Å². The SMILES string of the molecule is CCOC(=O)c1c(C)c(C(=O)c2ccc(Cl)n2C)n2c1C(C(=O)OCC)CC2. The summed E-state index contributed by atoms with van der Waals surface area (Å²) in [6.45, 7) is 6.04.